The zero-order chi connectivity index (χ0) is 38.7. The first kappa shape index (κ1) is 32.4. The van der Waals surface area contributed by atoms with Crippen LogP contribution in [0.1, 0.15) is 22.3 Å². The summed E-state index contributed by atoms with van der Waals surface area (Å²) in [4.78, 5) is 2.47. The van der Waals surface area contributed by atoms with Crippen LogP contribution < -0.4 is 4.90 Å². The van der Waals surface area contributed by atoms with E-state index in [0.717, 1.165) is 17.1 Å². The average Bonchev–Trinajstić information content (AvgIpc) is 3.91. The molecule has 2 nitrogen and oxygen atoms in total. The standard InChI is InChI=1S/C57H36N2/c1-2-18-39(19-3-1)58(40-31-30-37-16-4-5-17-38(37)34-40)55-36-52-56(47-25-7-6-24-46(47)55)48-33-32-41(59-53-28-14-10-22-44(53)45-23-11-15-29-54(45)59)35-51(48)57(52)49-26-12-8-20-42(49)43-21-9-13-27-50(43)57/h1-36H. The van der Waals surface area contributed by atoms with Crippen LogP contribution in [0.15, 0.2) is 218 Å². The molecule has 0 amide bonds. The van der Waals surface area contributed by atoms with Gasteiger partial charge in [-0.05, 0) is 115 Å². The quantitative estimate of drug-likeness (QED) is 0.174. The predicted molar refractivity (Wildman–Crippen MR) is 247 cm³/mol. The van der Waals surface area contributed by atoms with Gasteiger partial charge in [-0.3, -0.25) is 0 Å². The van der Waals surface area contributed by atoms with Crippen molar-refractivity contribution in [2.45, 2.75) is 5.41 Å². The van der Waals surface area contributed by atoms with Gasteiger partial charge in [0.2, 0.25) is 0 Å². The summed E-state index contributed by atoms with van der Waals surface area (Å²) in [6, 6.07) is 81.2. The molecule has 2 aliphatic carbocycles. The van der Waals surface area contributed by atoms with Gasteiger partial charge in [0.15, 0.2) is 0 Å². The van der Waals surface area contributed by atoms with Gasteiger partial charge in [-0.25, -0.2) is 0 Å². The number of anilines is 3. The first-order valence-corrected chi connectivity index (χ1v) is 20.5. The van der Waals surface area contributed by atoms with E-state index in [2.05, 4.69) is 228 Å². The van der Waals surface area contributed by atoms with E-state index in [1.807, 2.05) is 0 Å². The van der Waals surface area contributed by atoms with E-state index in [4.69, 9.17) is 0 Å². The second-order valence-corrected chi connectivity index (χ2v) is 16.0. The summed E-state index contributed by atoms with van der Waals surface area (Å²) in [5.41, 5.74) is 17.0. The molecule has 0 unspecified atom stereocenters. The van der Waals surface area contributed by atoms with Gasteiger partial charge in [0.25, 0.3) is 0 Å². The topological polar surface area (TPSA) is 8.17 Å². The molecule has 1 aromatic heterocycles. The minimum absolute atomic E-state index is 0.558. The molecule has 59 heavy (non-hydrogen) atoms. The molecule has 0 fully saturated rings. The Morgan fingerprint density at radius 3 is 1.63 bits per heavy atom. The summed E-state index contributed by atoms with van der Waals surface area (Å²) in [7, 11) is 0. The molecule has 0 N–H and O–H groups in total. The lowest BCUT2D eigenvalue weighted by Gasteiger charge is -2.33. The fourth-order valence-corrected chi connectivity index (χ4v) is 10.8. The van der Waals surface area contributed by atoms with Gasteiger partial charge >= 0.3 is 0 Å². The van der Waals surface area contributed by atoms with Gasteiger partial charge < -0.3 is 9.47 Å². The Morgan fingerprint density at radius 2 is 0.915 bits per heavy atom. The molecular weight excluding hydrogens is 713 g/mol. The largest absolute Gasteiger partial charge is 0.310 e. The number of aromatic nitrogens is 1. The highest BCUT2D eigenvalue weighted by Crippen LogP contribution is 2.65. The van der Waals surface area contributed by atoms with Crippen molar-refractivity contribution in [3.05, 3.63) is 241 Å². The van der Waals surface area contributed by atoms with Crippen LogP contribution in [-0.2, 0) is 5.41 Å². The van der Waals surface area contributed by atoms with Crippen molar-refractivity contribution in [1.29, 1.82) is 0 Å². The summed E-state index contributed by atoms with van der Waals surface area (Å²) >= 11 is 0. The van der Waals surface area contributed by atoms with E-state index in [1.54, 1.807) is 0 Å². The van der Waals surface area contributed by atoms with E-state index < -0.39 is 5.41 Å². The molecule has 0 saturated carbocycles. The number of fused-ring (bicyclic) bond motifs is 16. The lowest BCUT2D eigenvalue weighted by atomic mass is 9.70. The molecule has 0 saturated heterocycles. The van der Waals surface area contributed by atoms with E-state index in [-0.39, 0.29) is 0 Å². The smallest absolute Gasteiger partial charge is 0.0727 e. The van der Waals surface area contributed by atoms with Crippen molar-refractivity contribution < 1.29 is 0 Å². The molecule has 11 aromatic rings. The van der Waals surface area contributed by atoms with Crippen LogP contribution >= 0.6 is 0 Å². The molecule has 10 aromatic carbocycles. The van der Waals surface area contributed by atoms with Gasteiger partial charge in [0.1, 0.15) is 0 Å². The Kier molecular flexibility index (Phi) is 6.68. The lowest BCUT2D eigenvalue weighted by molar-refractivity contribution is 0.793. The molecule has 1 heterocycles. The second kappa shape index (κ2) is 12.2. The number of benzene rings is 10. The monoisotopic (exact) mass is 748 g/mol. The van der Waals surface area contributed by atoms with Crippen LogP contribution in [-0.4, -0.2) is 4.57 Å². The molecule has 2 aliphatic rings. The molecule has 0 aliphatic heterocycles. The Hall–Kier alpha value is -7.68. The Balaban J connectivity index is 1.17. The van der Waals surface area contributed by atoms with Crippen LogP contribution in [0.4, 0.5) is 17.1 Å². The lowest BCUT2D eigenvalue weighted by Crippen LogP contribution is -2.26. The van der Waals surface area contributed by atoms with Crippen LogP contribution in [0.5, 0.6) is 0 Å². The molecule has 13 rings (SSSR count). The molecule has 0 radical (unpaired) electrons. The molecule has 1 spiro atoms. The van der Waals surface area contributed by atoms with Crippen molar-refractivity contribution in [3.8, 4) is 27.9 Å². The molecular formula is C57H36N2. The van der Waals surface area contributed by atoms with Crippen LogP contribution in [0.2, 0.25) is 0 Å². The zero-order valence-corrected chi connectivity index (χ0v) is 32.2. The summed E-state index contributed by atoms with van der Waals surface area (Å²) in [5, 5.41) is 7.46. The fraction of sp³-hybridized carbons (Fsp3) is 0.0175. The third kappa shape index (κ3) is 4.35. The Morgan fingerprint density at radius 1 is 0.339 bits per heavy atom. The van der Waals surface area contributed by atoms with E-state index >= 15 is 0 Å². The maximum atomic E-state index is 2.54. The van der Waals surface area contributed by atoms with Crippen molar-refractivity contribution in [2.75, 3.05) is 4.90 Å². The van der Waals surface area contributed by atoms with Crippen LogP contribution in [0.25, 0.3) is 71.3 Å². The Labute approximate surface area is 342 Å². The third-order valence-electron chi connectivity index (χ3n) is 13.1. The van der Waals surface area contributed by atoms with Crippen molar-refractivity contribution in [2.24, 2.45) is 0 Å². The first-order chi connectivity index (χ1) is 29.3. The first-order valence-electron chi connectivity index (χ1n) is 20.5. The van der Waals surface area contributed by atoms with E-state index in [1.165, 1.54) is 93.5 Å². The van der Waals surface area contributed by atoms with Gasteiger partial charge in [0, 0.05) is 33.2 Å². The maximum Gasteiger partial charge on any atom is 0.0727 e. The fourth-order valence-electron chi connectivity index (χ4n) is 10.8. The van der Waals surface area contributed by atoms with Crippen molar-refractivity contribution in [1.82, 2.24) is 4.57 Å². The van der Waals surface area contributed by atoms with Gasteiger partial charge in [-0.2, -0.15) is 0 Å². The highest BCUT2D eigenvalue weighted by Gasteiger charge is 2.52. The normalized spacial score (nSPS) is 13.2. The number of hydrogen-bond donors (Lipinski definition) is 0. The van der Waals surface area contributed by atoms with Crippen molar-refractivity contribution >= 4 is 60.4 Å². The van der Waals surface area contributed by atoms with Gasteiger partial charge in [0.05, 0.1) is 22.1 Å². The van der Waals surface area contributed by atoms with E-state index in [0.29, 0.717) is 0 Å². The molecule has 0 bridgehead atoms. The summed E-state index contributed by atoms with van der Waals surface area (Å²) < 4.78 is 2.47. The second-order valence-electron chi connectivity index (χ2n) is 16.0. The number of hydrogen-bond acceptors (Lipinski definition) is 1. The highest BCUT2D eigenvalue weighted by molar-refractivity contribution is 6.13. The number of nitrogens with zero attached hydrogens (tertiary/aromatic N) is 2. The SMILES string of the molecule is c1ccc(N(c2ccc3ccccc3c2)c2cc3c(c4ccccc24)-c2ccc(-n4c5ccccc5c5ccccc54)cc2C32c3ccccc3-c3ccccc32)cc1. The van der Waals surface area contributed by atoms with Gasteiger partial charge in [-0.15, -0.1) is 0 Å². The summed E-state index contributed by atoms with van der Waals surface area (Å²) in [6.07, 6.45) is 0. The highest BCUT2D eigenvalue weighted by atomic mass is 15.1. The molecule has 0 atom stereocenters. The maximum absolute atomic E-state index is 2.54. The molecule has 2 heteroatoms. The average molecular weight is 749 g/mol. The number of rotatable bonds is 4. The zero-order valence-electron chi connectivity index (χ0n) is 32.2. The summed E-state index contributed by atoms with van der Waals surface area (Å²) in [5.74, 6) is 0. The van der Waals surface area contributed by atoms with Crippen LogP contribution in [0.3, 0.4) is 0 Å². The predicted octanol–water partition coefficient (Wildman–Crippen LogP) is 14.9. The van der Waals surface area contributed by atoms with Gasteiger partial charge in [-0.1, -0.05) is 164 Å². The van der Waals surface area contributed by atoms with E-state index in [9.17, 15) is 0 Å². The minimum Gasteiger partial charge on any atom is -0.310 e. The summed E-state index contributed by atoms with van der Waals surface area (Å²) in [6.45, 7) is 0. The molecule has 274 valence electrons. The minimum atomic E-state index is -0.558. The third-order valence-corrected chi connectivity index (χ3v) is 13.1. The van der Waals surface area contributed by atoms with Crippen molar-refractivity contribution in [3.63, 3.8) is 0 Å². The Bertz CT molecular complexity index is 3420. The number of para-hydroxylation sites is 3. The van der Waals surface area contributed by atoms with Crippen LogP contribution in [0, 0.1) is 0 Å².